The van der Waals surface area contributed by atoms with Crippen LogP contribution in [-0.2, 0) is 5.72 Å². The van der Waals surface area contributed by atoms with Crippen LogP contribution in [0.25, 0.3) is 6.08 Å². The van der Waals surface area contributed by atoms with Gasteiger partial charge in [-0.3, -0.25) is 0 Å². The van der Waals surface area contributed by atoms with Gasteiger partial charge in [-0.2, -0.15) is 0 Å². The highest BCUT2D eigenvalue weighted by Gasteiger charge is 2.51. The molecule has 2 aromatic carbocycles. The Morgan fingerprint density at radius 2 is 1.86 bits per heavy atom. The van der Waals surface area contributed by atoms with Crippen LogP contribution in [0.1, 0.15) is 22.7 Å². The molecule has 4 rings (SSSR count). The van der Waals surface area contributed by atoms with Crippen molar-refractivity contribution in [1.82, 2.24) is 0 Å². The van der Waals surface area contributed by atoms with E-state index in [2.05, 4.69) is 10.1 Å². The second-order valence-electron chi connectivity index (χ2n) is 5.32. The molecule has 2 aromatic rings. The maximum absolute atomic E-state index is 11.3. The summed E-state index contributed by atoms with van der Waals surface area (Å²) in [5.41, 5.74) is 1.32. The molecule has 0 spiro atoms. The fraction of sp³-hybridized carbons (Fsp3) is 0.118. The van der Waals surface area contributed by atoms with Gasteiger partial charge in [0.2, 0.25) is 0 Å². The van der Waals surface area contributed by atoms with E-state index in [1.807, 2.05) is 36.5 Å². The standard InChI is InChI=1S/C17H13ClN3O/c18-14-7-5-13(6-8-14)17(22)16-15-4-2-1-3-12(15)9-10-21(16)20-11-19-17/h1-11,16,22H/q+1. The lowest BCUT2D eigenvalue weighted by molar-refractivity contribution is -0.594. The zero-order valence-corrected chi connectivity index (χ0v) is 12.4. The summed E-state index contributed by atoms with van der Waals surface area (Å²) in [4.78, 5) is 4.29. The van der Waals surface area contributed by atoms with Crippen molar-refractivity contribution in [2.24, 2.45) is 10.1 Å². The first-order valence-corrected chi connectivity index (χ1v) is 7.35. The first-order valence-electron chi connectivity index (χ1n) is 6.97. The molecule has 0 saturated carbocycles. The van der Waals surface area contributed by atoms with Crippen molar-refractivity contribution in [3.05, 3.63) is 76.4 Å². The minimum Gasteiger partial charge on any atom is -0.360 e. The van der Waals surface area contributed by atoms with Crippen molar-refractivity contribution in [1.29, 1.82) is 0 Å². The molecular weight excluding hydrogens is 298 g/mol. The van der Waals surface area contributed by atoms with E-state index >= 15 is 0 Å². The third-order valence-corrected chi connectivity index (χ3v) is 4.30. The molecule has 2 atom stereocenters. The fourth-order valence-electron chi connectivity index (χ4n) is 2.98. The van der Waals surface area contributed by atoms with Crippen molar-refractivity contribution in [2.75, 3.05) is 0 Å². The van der Waals surface area contributed by atoms with Gasteiger partial charge in [0.1, 0.15) is 0 Å². The van der Waals surface area contributed by atoms with Crippen LogP contribution in [0.2, 0.25) is 5.02 Å². The molecule has 1 N–H and O–H groups in total. The number of nitrogens with zero attached hydrogens (tertiary/aromatic N) is 3. The van der Waals surface area contributed by atoms with Crippen LogP contribution >= 0.6 is 11.6 Å². The monoisotopic (exact) mass is 310 g/mol. The molecule has 0 saturated heterocycles. The zero-order chi connectivity index (χ0) is 15.2. The quantitative estimate of drug-likeness (QED) is 0.802. The van der Waals surface area contributed by atoms with Crippen LogP contribution in [0.3, 0.4) is 0 Å². The Kier molecular flexibility index (Phi) is 2.96. The Hall–Kier alpha value is -2.30. The SMILES string of the molecule is OC1(c2ccc(Cl)cc2)N=CN=[N+]2C=Cc3ccccc3C21. The summed E-state index contributed by atoms with van der Waals surface area (Å²) in [6, 6.07) is 14.6. The number of hydrogen-bond donors (Lipinski definition) is 1. The fourth-order valence-corrected chi connectivity index (χ4v) is 3.10. The van der Waals surface area contributed by atoms with Gasteiger partial charge in [0.05, 0.1) is 0 Å². The van der Waals surface area contributed by atoms with Gasteiger partial charge in [0.25, 0.3) is 11.8 Å². The van der Waals surface area contributed by atoms with Gasteiger partial charge < -0.3 is 5.11 Å². The predicted molar refractivity (Wildman–Crippen MR) is 84.7 cm³/mol. The largest absolute Gasteiger partial charge is 0.360 e. The molecule has 2 unspecified atom stereocenters. The van der Waals surface area contributed by atoms with E-state index in [1.165, 1.54) is 6.34 Å². The number of azo groups is 2. The van der Waals surface area contributed by atoms with Crippen molar-refractivity contribution in [2.45, 2.75) is 11.8 Å². The van der Waals surface area contributed by atoms with Gasteiger partial charge in [-0.25, -0.2) is 4.99 Å². The second kappa shape index (κ2) is 4.87. The predicted octanol–water partition coefficient (Wildman–Crippen LogP) is 3.72. The summed E-state index contributed by atoms with van der Waals surface area (Å²) in [7, 11) is 0. The molecule has 0 aromatic heterocycles. The molecule has 0 radical (unpaired) electrons. The first kappa shape index (κ1) is 13.4. The maximum atomic E-state index is 11.3. The lowest BCUT2D eigenvalue weighted by Crippen LogP contribution is -2.40. The van der Waals surface area contributed by atoms with Crippen LogP contribution < -0.4 is 0 Å². The summed E-state index contributed by atoms with van der Waals surface area (Å²) in [5, 5.41) is 16.2. The Balaban J connectivity index is 1.91. The molecule has 2 aliphatic rings. The second-order valence-corrected chi connectivity index (χ2v) is 5.76. The lowest BCUT2D eigenvalue weighted by Gasteiger charge is -2.31. The van der Waals surface area contributed by atoms with Gasteiger partial charge in [-0.05, 0) is 17.7 Å². The number of rotatable bonds is 1. The first-order chi connectivity index (χ1) is 10.7. The minimum atomic E-state index is -1.41. The van der Waals surface area contributed by atoms with Gasteiger partial charge in [-0.1, -0.05) is 52.7 Å². The smallest absolute Gasteiger partial charge is 0.263 e. The molecule has 2 heterocycles. The van der Waals surface area contributed by atoms with Crippen LogP contribution in [-0.4, -0.2) is 16.1 Å². The van der Waals surface area contributed by atoms with E-state index in [0.29, 0.717) is 10.6 Å². The normalized spacial score (nSPS) is 25.4. The van der Waals surface area contributed by atoms with E-state index in [-0.39, 0.29) is 0 Å². The summed E-state index contributed by atoms with van der Waals surface area (Å²) >= 11 is 5.95. The van der Waals surface area contributed by atoms with Crippen molar-refractivity contribution < 1.29 is 9.80 Å². The minimum absolute atomic E-state index is 0.403. The van der Waals surface area contributed by atoms with Gasteiger partial charge in [-0.15, -0.1) is 0 Å². The van der Waals surface area contributed by atoms with Crippen molar-refractivity contribution in [3.8, 4) is 0 Å². The van der Waals surface area contributed by atoms with Crippen LogP contribution in [0.5, 0.6) is 0 Å². The van der Waals surface area contributed by atoms with Crippen molar-refractivity contribution >= 4 is 24.0 Å². The van der Waals surface area contributed by atoms with E-state index in [9.17, 15) is 5.11 Å². The summed E-state index contributed by atoms with van der Waals surface area (Å²) in [5.74, 6) is 0. The molecule has 0 fully saturated rings. The summed E-state index contributed by atoms with van der Waals surface area (Å²) in [6.45, 7) is 0. The molecule has 0 aliphatic carbocycles. The van der Waals surface area contributed by atoms with Crippen molar-refractivity contribution in [3.63, 3.8) is 0 Å². The average Bonchev–Trinajstić information content (AvgIpc) is 2.55. The molecule has 5 heteroatoms. The zero-order valence-electron chi connectivity index (χ0n) is 11.6. The number of benzene rings is 2. The Morgan fingerprint density at radius 3 is 2.68 bits per heavy atom. The van der Waals surface area contributed by atoms with E-state index in [4.69, 9.17) is 11.6 Å². The highest BCUT2D eigenvalue weighted by Crippen LogP contribution is 2.44. The number of fused-ring (bicyclic) bond motifs is 3. The van der Waals surface area contributed by atoms with Crippen LogP contribution in [0.4, 0.5) is 0 Å². The van der Waals surface area contributed by atoms with Gasteiger partial charge in [0, 0.05) is 27.3 Å². The summed E-state index contributed by atoms with van der Waals surface area (Å²) in [6.07, 6.45) is 5.24. The van der Waals surface area contributed by atoms with Gasteiger partial charge >= 0.3 is 0 Å². The highest BCUT2D eigenvalue weighted by molar-refractivity contribution is 6.30. The Bertz CT molecular complexity index is 826. The molecular formula is C17H13ClN3O+. The van der Waals surface area contributed by atoms with E-state index < -0.39 is 11.8 Å². The number of aliphatic imine (C=N–C) groups is 1. The Morgan fingerprint density at radius 1 is 1.09 bits per heavy atom. The molecule has 108 valence electrons. The topological polar surface area (TPSA) is 48.0 Å². The van der Waals surface area contributed by atoms with Crippen LogP contribution in [0, 0.1) is 0 Å². The maximum Gasteiger partial charge on any atom is 0.263 e. The highest BCUT2D eigenvalue weighted by atomic mass is 35.5. The molecule has 0 amide bonds. The van der Waals surface area contributed by atoms with E-state index in [1.54, 1.807) is 29.0 Å². The van der Waals surface area contributed by atoms with Crippen LogP contribution in [0.15, 0.2) is 64.8 Å². The van der Waals surface area contributed by atoms with E-state index in [0.717, 1.165) is 11.1 Å². The summed E-state index contributed by atoms with van der Waals surface area (Å²) < 4.78 is 1.74. The average molecular weight is 311 g/mol. The number of hydrogen-bond acceptors (Lipinski definition) is 3. The molecule has 22 heavy (non-hydrogen) atoms. The third kappa shape index (κ3) is 1.92. The third-order valence-electron chi connectivity index (χ3n) is 4.05. The molecule has 4 nitrogen and oxygen atoms in total. The number of halogens is 1. The molecule has 2 aliphatic heterocycles. The van der Waals surface area contributed by atoms with Gasteiger partial charge in [0.15, 0.2) is 12.5 Å². The lowest BCUT2D eigenvalue weighted by atomic mass is 9.85. The molecule has 0 bridgehead atoms. The number of aliphatic hydroxyl groups is 1. The Labute approximate surface area is 132 Å².